The van der Waals surface area contributed by atoms with Crippen LogP contribution in [0, 0.1) is 0 Å². The Kier molecular flexibility index (Phi) is 4.87. The number of rotatable bonds is 4. The maximum atomic E-state index is 12.7. The molecule has 0 spiro atoms. The number of aliphatic hydroxyl groups is 1. The quantitative estimate of drug-likeness (QED) is 0.884. The molecule has 1 aromatic carbocycles. The van der Waals surface area contributed by atoms with Gasteiger partial charge in [-0.1, -0.05) is 23.7 Å². The lowest BCUT2D eigenvalue weighted by Crippen LogP contribution is -2.57. The lowest BCUT2D eigenvalue weighted by molar-refractivity contribution is -0.128. The molecule has 2 aromatic rings. The second-order valence-corrected chi connectivity index (χ2v) is 5.87. The molecule has 0 unspecified atom stereocenters. The summed E-state index contributed by atoms with van der Waals surface area (Å²) in [5, 5.41) is 12.4. The minimum Gasteiger partial charge on any atom is -0.451 e. The molecule has 0 saturated carbocycles. The maximum Gasteiger partial charge on any atom is 0.290 e. The summed E-state index contributed by atoms with van der Waals surface area (Å²) in [5.41, 5.74) is 0.696. The molecular weight excluding hydrogens is 332 g/mol. The van der Waals surface area contributed by atoms with Crippen LogP contribution in [0.1, 0.15) is 17.0 Å². The van der Waals surface area contributed by atoms with Gasteiger partial charge in [-0.05, 0) is 30.7 Å². The molecule has 1 aliphatic heterocycles. The molecule has 0 bridgehead atoms. The number of aliphatic hydroxyl groups excluding tert-OH is 1. The molecule has 24 heavy (non-hydrogen) atoms. The van der Waals surface area contributed by atoms with Gasteiger partial charge in [0.2, 0.25) is 5.91 Å². The summed E-state index contributed by atoms with van der Waals surface area (Å²) in [6.45, 7) is 0.576. The van der Waals surface area contributed by atoms with Crippen LogP contribution in [0.25, 0.3) is 11.3 Å². The van der Waals surface area contributed by atoms with E-state index in [-0.39, 0.29) is 30.6 Å². The first-order valence-electron chi connectivity index (χ1n) is 7.66. The highest BCUT2D eigenvalue weighted by molar-refractivity contribution is 6.33. The SMILES string of the molecule is O=C1NCCN(C(=O)c2ccc(-c3ccccc3Cl)o2)[C@H]1CCO. The van der Waals surface area contributed by atoms with Crippen LogP contribution < -0.4 is 5.32 Å². The predicted molar refractivity (Wildman–Crippen MR) is 88.7 cm³/mol. The Morgan fingerprint density at radius 1 is 1.33 bits per heavy atom. The molecule has 1 atom stereocenters. The molecule has 0 aliphatic carbocycles. The van der Waals surface area contributed by atoms with E-state index in [9.17, 15) is 9.59 Å². The second kappa shape index (κ2) is 7.07. The molecule has 2 heterocycles. The average Bonchev–Trinajstić information content (AvgIpc) is 3.06. The number of halogens is 1. The van der Waals surface area contributed by atoms with Crippen molar-refractivity contribution in [3.05, 3.63) is 47.2 Å². The molecule has 1 saturated heterocycles. The highest BCUT2D eigenvalue weighted by Gasteiger charge is 2.34. The zero-order valence-electron chi connectivity index (χ0n) is 12.9. The van der Waals surface area contributed by atoms with Crippen LogP contribution in [0.5, 0.6) is 0 Å². The number of nitrogens with zero attached hydrogens (tertiary/aromatic N) is 1. The molecule has 1 aromatic heterocycles. The molecule has 6 nitrogen and oxygen atoms in total. The van der Waals surface area contributed by atoms with Crippen molar-refractivity contribution in [2.75, 3.05) is 19.7 Å². The molecule has 1 aliphatic rings. The van der Waals surface area contributed by atoms with E-state index in [0.717, 1.165) is 0 Å². The predicted octanol–water partition coefficient (Wildman–Crippen LogP) is 1.92. The van der Waals surface area contributed by atoms with E-state index in [2.05, 4.69) is 5.32 Å². The third-order valence-corrected chi connectivity index (χ3v) is 4.28. The summed E-state index contributed by atoms with van der Waals surface area (Å²) in [5.74, 6) is -0.00480. The average molecular weight is 349 g/mol. The molecular formula is C17H17ClN2O4. The fourth-order valence-corrected chi connectivity index (χ4v) is 3.00. The van der Waals surface area contributed by atoms with Gasteiger partial charge in [-0.2, -0.15) is 0 Å². The van der Waals surface area contributed by atoms with Crippen LogP contribution in [-0.4, -0.2) is 47.6 Å². The zero-order chi connectivity index (χ0) is 17.1. The van der Waals surface area contributed by atoms with Crippen molar-refractivity contribution >= 4 is 23.4 Å². The minimum atomic E-state index is -0.690. The van der Waals surface area contributed by atoms with Gasteiger partial charge in [0.05, 0.1) is 5.02 Å². The summed E-state index contributed by atoms with van der Waals surface area (Å²) in [6, 6.07) is 9.75. The molecule has 3 rings (SSSR count). The highest BCUT2D eigenvalue weighted by Crippen LogP contribution is 2.29. The van der Waals surface area contributed by atoms with Crippen molar-refractivity contribution in [3.63, 3.8) is 0 Å². The zero-order valence-corrected chi connectivity index (χ0v) is 13.6. The van der Waals surface area contributed by atoms with E-state index in [1.165, 1.54) is 4.90 Å². The van der Waals surface area contributed by atoms with Gasteiger partial charge in [0.15, 0.2) is 5.76 Å². The minimum absolute atomic E-state index is 0.141. The first kappa shape index (κ1) is 16.5. The van der Waals surface area contributed by atoms with Gasteiger partial charge in [-0.25, -0.2) is 0 Å². The number of benzene rings is 1. The van der Waals surface area contributed by atoms with Gasteiger partial charge >= 0.3 is 0 Å². The molecule has 7 heteroatoms. The van der Waals surface area contributed by atoms with Gasteiger partial charge < -0.3 is 19.7 Å². The first-order chi connectivity index (χ1) is 11.6. The van der Waals surface area contributed by atoms with E-state index in [1.807, 2.05) is 12.1 Å². The molecule has 1 fully saturated rings. The summed E-state index contributed by atoms with van der Waals surface area (Å²) in [4.78, 5) is 26.1. The number of hydrogen-bond acceptors (Lipinski definition) is 4. The van der Waals surface area contributed by atoms with Gasteiger partial charge in [-0.15, -0.1) is 0 Å². The Balaban J connectivity index is 1.85. The van der Waals surface area contributed by atoms with Crippen molar-refractivity contribution < 1.29 is 19.1 Å². The Morgan fingerprint density at radius 3 is 2.88 bits per heavy atom. The third kappa shape index (κ3) is 3.16. The van der Waals surface area contributed by atoms with Crippen molar-refractivity contribution in [2.24, 2.45) is 0 Å². The summed E-state index contributed by atoms with van der Waals surface area (Å²) in [6.07, 6.45) is 0.190. The highest BCUT2D eigenvalue weighted by atomic mass is 35.5. The Hall–Kier alpha value is -2.31. The fraction of sp³-hybridized carbons (Fsp3) is 0.294. The number of carbonyl (C=O) groups is 2. The maximum absolute atomic E-state index is 12.7. The molecule has 126 valence electrons. The van der Waals surface area contributed by atoms with Crippen LogP contribution in [0.4, 0.5) is 0 Å². The van der Waals surface area contributed by atoms with Gasteiger partial charge in [0, 0.05) is 25.3 Å². The second-order valence-electron chi connectivity index (χ2n) is 5.46. The third-order valence-electron chi connectivity index (χ3n) is 3.95. The van der Waals surface area contributed by atoms with Gasteiger partial charge in [0.1, 0.15) is 11.8 Å². The number of amides is 2. The van der Waals surface area contributed by atoms with E-state index >= 15 is 0 Å². The lowest BCUT2D eigenvalue weighted by atomic mass is 10.1. The van der Waals surface area contributed by atoms with Crippen LogP contribution in [0.2, 0.25) is 5.02 Å². The first-order valence-corrected chi connectivity index (χ1v) is 8.04. The number of nitrogens with one attached hydrogen (secondary N) is 1. The summed E-state index contributed by atoms with van der Waals surface area (Å²) >= 11 is 6.14. The van der Waals surface area contributed by atoms with Crippen molar-refractivity contribution in [3.8, 4) is 11.3 Å². The standard InChI is InChI=1S/C17H17ClN2O4/c18-12-4-2-1-3-11(12)14-5-6-15(24-14)17(23)20-9-8-19-16(22)13(20)7-10-21/h1-6,13,21H,7-10H2,(H,19,22)/t13-/m0/s1. The Morgan fingerprint density at radius 2 is 2.12 bits per heavy atom. The van der Waals surface area contributed by atoms with Crippen molar-refractivity contribution in [2.45, 2.75) is 12.5 Å². The smallest absolute Gasteiger partial charge is 0.290 e. The summed E-state index contributed by atoms with van der Waals surface area (Å²) in [7, 11) is 0. The van der Waals surface area contributed by atoms with Gasteiger partial charge in [0.25, 0.3) is 5.91 Å². The van der Waals surface area contributed by atoms with Crippen LogP contribution in [0.15, 0.2) is 40.8 Å². The van der Waals surface area contributed by atoms with E-state index in [0.29, 0.717) is 29.4 Å². The number of carbonyl (C=O) groups excluding carboxylic acids is 2. The van der Waals surface area contributed by atoms with Crippen LogP contribution in [-0.2, 0) is 4.79 Å². The van der Waals surface area contributed by atoms with Crippen LogP contribution in [0.3, 0.4) is 0 Å². The van der Waals surface area contributed by atoms with E-state index < -0.39 is 6.04 Å². The van der Waals surface area contributed by atoms with Crippen molar-refractivity contribution in [1.29, 1.82) is 0 Å². The fourth-order valence-electron chi connectivity index (χ4n) is 2.77. The van der Waals surface area contributed by atoms with Crippen LogP contribution >= 0.6 is 11.6 Å². The summed E-state index contributed by atoms with van der Waals surface area (Å²) < 4.78 is 5.66. The number of hydrogen-bond donors (Lipinski definition) is 2. The molecule has 2 N–H and O–H groups in total. The van der Waals surface area contributed by atoms with E-state index in [4.69, 9.17) is 21.1 Å². The number of furan rings is 1. The molecule has 2 amide bonds. The normalized spacial score (nSPS) is 17.7. The Labute approximate surface area is 144 Å². The monoisotopic (exact) mass is 348 g/mol. The Bertz CT molecular complexity index is 759. The van der Waals surface area contributed by atoms with Gasteiger partial charge in [-0.3, -0.25) is 9.59 Å². The van der Waals surface area contributed by atoms with Crippen molar-refractivity contribution in [1.82, 2.24) is 10.2 Å². The topological polar surface area (TPSA) is 82.8 Å². The largest absolute Gasteiger partial charge is 0.451 e. The lowest BCUT2D eigenvalue weighted by Gasteiger charge is -2.34. The number of piperazine rings is 1. The molecule has 0 radical (unpaired) electrons. The van der Waals surface area contributed by atoms with E-state index in [1.54, 1.807) is 24.3 Å².